The van der Waals surface area contributed by atoms with Crippen molar-refractivity contribution in [2.24, 2.45) is 0 Å². The Morgan fingerprint density at radius 1 is 1.31 bits per heavy atom. The summed E-state index contributed by atoms with van der Waals surface area (Å²) in [7, 11) is 0. The smallest absolute Gasteiger partial charge is 0.384 e. The highest BCUT2D eigenvalue weighted by atomic mass is 35.5. The second kappa shape index (κ2) is 10.0. The van der Waals surface area contributed by atoms with E-state index >= 15 is 0 Å². The van der Waals surface area contributed by atoms with E-state index in [4.69, 9.17) is 16.7 Å². The third-order valence-corrected chi connectivity index (χ3v) is 5.74. The van der Waals surface area contributed by atoms with Crippen molar-refractivity contribution in [3.05, 3.63) is 41.0 Å². The summed E-state index contributed by atoms with van der Waals surface area (Å²) in [5.74, 6) is -0.919. The predicted octanol–water partition coefficient (Wildman–Crippen LogP) is 4.66. The summed E-state index contributed by atoms with van der Waals surface area (Å²) in [6.45, 7) is 2.00. The van der Waals surface area contributed by atoms with Gasteiger partial charge in [0.25, 0.3) is 5.91 Å². The summed E-state index contributed by atoms with van der Waals surface area (Å²) in [6.07, 6.45) is -5.91. The molecule has 1 N–H and O–H groups in total. The summed E-state index contributed by atoms with van der Waals surface area (Å²) < 4.78 is 39.1. The van der Waals surface area contributed by atoms with Crippen molar-refractivity contribution >= 4 is 23.3 Å². The molecule has 0 bridgehead atoms. The van der Waals surface area contributed by atoms with Gasteiger partial charge < -0.3 is 10.0 Å². The highest BCUT2D eigenvalue weighted by Crippen LogP contribution is 2.30. The third kappa shape index (κ3) is 5.69. The molecular formula is C22H25ClF3N3O3. The molecule has 2 atom stereocenters. The van der Waals surface area contributed by atoms with Gasteiger partial charge in [-0.2, -0.15) is 18.3 Å². The first-order valence-corrected chi connectivity index (χ1v) is 10.9. The normalized spacial score (nSPS) is 17.4. The molecule has 2 unspecified atom stereocenters. The first kappa shape index (κ1) is 24.3. The van der Waals surface area contributed by atoms with Crippen molar-refractivity contribution in [2.75, 3.05) is 13.1 Å². The zero-order chi connectivity index (χ0) is 23.5. The van der Waals surface area contributed by atoms with Gasteiger partial charge in [0, 0.05) is 23.6 Å². The van der Waals surface area contributed by atoms with Crippen LogP contribution in [0.4, 0.5) is 13.2 Å². The number of nitrogens with zero attached hydrogens (tertiary/aromatic N) is 3. The number of benzene rings is 1. The lowest BCUT2D eigenvalue weighted by Gasteiger charge is -2.33. The number of aliphatic hydroxyl groups is 1. The first-order valence-electron chi connectivity index (χ1n) is 10.5. The van der Waals surface area contributed by atoms with Gasteiger partial charge in [0.15, 0.2) is 5.78 Å². The number of ketones is 1. The van der Waals surface area contributed by atoms with Gasteiger partial charge in [-0.05, 0) is 31.0 Å². The number of carbonyl (C=O) groups excluding carboxylic acids is 2. The van der Waals surface area contributed by atoms with Crippen LogP contribution in [-0.4, -0.2) is 56.8 Å². The maximum absolute atomic E-state index is 13.0. The van der Waals surface area contributed by atoms with E-state index < -0.39 is 36.8 Å². The monoisotopic (exact) mass is 471 g/mol. The van der Waals surface area contributed by atoms with E-state index in [-0.39, 0.29) is 19.1 Å². The van der Waals surface area contributed by atoms with Crippen molar-refractivity contribution in [3.63, 3.8) is 0 Å². The number of halogens is 4. The molecular weight excluding hydrogens is 447 g/mol. The highest BCUT2D eigenvalue weighted by molar-refractivity contribution is 6.30. The fourth-order valence-electron chi connectivity index (χ4n) is 3.71. The SMILES string of the molecule is CCCCC1CN(CC(=O)CCC(O)C(F)(F)F)C(=O)c2cc(-c3ccc(Cl)cc3)nn21. The second-order valence-corrected chi connectivity index (χ2v) is 8.42. The molecule has 0 aliphatic carbocycles. The maximum Gasteiger partial charge on any atom is 0.414 e. The number of unbranched alkanes of at least 4 members (excludes halogenated alkanes) is 1. The highest BCUT2D eigenvalue weighted by Gasteiger charge is 2.38. The number of aromatic nitrogens is 2. The summed E-state index contributed by atoms with van der Waals surface area (Å²) in [4.78, 5) is 26.7. The van der Waals surface area contributed by atoms with Crippen LogP contribution >= 0.6 is 11.6 Å². The Hall–Kier alpha value is -2.39. The number of fused-ring (bicyclic) bond motifs is 1. The minimum atomic E-state index is -4.77. The maximum atomic E-state index is 13.0. The van der Waals surface area contributed by atoms with Crippen molar-refractivity contribution < 1.29 is 27.9 Å². The number of carbonyl (C=O) groups is 2. The summed E-state index contributed by atoms with van der Waals surface area (Å²) in [5.41, 5.74) is 1.74. The number of hydrogen-bond acceptors (Lipinski definition) is 4. The molecule has 0 radical (unpaired) electrons. The Labute approximate surface area is 189 Å². The number of aliphatic hydroxyl groups excluding tert-OH is 1. The Bertz CT molecular complexity index is 960. The zero-order valence-electron chi connectivity index (χ0n) is 17.6. The molecule has 6 nitrogen and oxygen atoms in total. The average molecular weight is 472 g/mol. The van der Waals surface area contributed by atoms with Crippen LogP contribution in [0, 0.1) is 0 Å². The van der Waals surface area contributed by atoms with Crippen LogP contribution in [-0.2, 0) is 4.79 Å². The van der Waals surface area contributed by atoms with E-state index in [1.807, 2.05) is 6.92 Å². The number of Topliss-reactive ketones (excluding diaryl/α,β-unsaturated/α-hetero) is 1. The fraction of sp³-hybridized carbons (Fsp3) is 0.500. The van der Waals surface area contributed by atoms with Gasteiger partial charge in [0.1, 0.15) is 11.8 Å². The minimum Gasteiger partial charge on any atom is -0.384 e. The molecule has 2 aromatic rings. The molecule has 1 aromatic carbocycles. The molecule has 0 spiro atoms. The molecule has 10 heteroatoms. The lowest BCUT2D eigenvalue weighted by molar-refractivity contribution is -0.205. The fourth-order valence-corrected chi connectivity index (χ4v) is 3.84. The third-order valence-electron chi connectivity index (χ3n) is 5.49. The van der Waals surface area contributed by atoms with Crippen LogP contribution in [0.25, 0.3) is 11.3 Å². The Morgan fingerprint density at radius 3 is 2.62 bits per heavy atom. The van der Waals surface area contributed by atoms with Gasteiger partial charge in [-0.15, -0.1) is 0 Å². The molecule has 1 aliphatic heterocycles. The number of rotatable bonds is 9. The van der Waals surface area contributed by atoms with Crippen molar-refractivity contribution in [2.45, 2.75) is 57.3 Å². The van der Waals surface area contributed by atoms with Crippen LogP contribution in [0.5, 0.6) is 0 Å². The van der Waals surface area contributed by atoms with Gasteiger partial charge in [-0.25, -0.2) is 0 Å². The molecule has 1 amide bonds. The first-order chi connectivity index (χ1) is 15.1. The van der Waals surface area contributed by atoms with Crippen LogP contribution in [0.15, 0.2) is 30.3 Å². The Balaban J connectivity index is 1.78. The Kier molecular flexibility index (Phi) is 7.61. The van der Waals surface area contributed by atoms with Crippen LogP contribution in [0.2, 0.25) is 5.02 Å². The molecule has 1 aliphatic rings. The standard InChI is InChI=1S/C22H25ClF3N3O3/c1-2-3-4-16-12-28(13-17(30)9-10-20(31)22(24,25)26)21(32)19-11-18(27-29(16)19)14-5-7-15(23)8-6-14/h5-8,11,16,20,31H,2-4,9-10,12-13H2,1H3. The van der Waals surface area contributed by atoms with Crippen LogP contribution < -0.4 is 0 Å². The number of hydrogen-bond donors (Lipinski definition) is 1. The van der Waals surface area contributed by atoms with Crippen molar-refractivity contribution in [1.82, 2.24) is 14.7 Å². The van der Waals surface area contributed by atoms with Gasteiger partial charge in [0.2, 0.25) is 0 Å². The number of amides is 1. The van der Waals surface area contributed by atoms with E-state index in [0.717, 1.165) is 24.8 Å². The molecule has 32 heavy (non-hydrogen) atoms. The Morgan fingerprint density at radius 2 is 2.00 bits per heavy atom. The van der Waals surface area contributed by atoms with Crippen LogP contribution in [0.1, 0.15) is 55.6 Å². The van der Waals surface area contributed by atoms with Crippen LogP contribution in [0.3, 0.4) is 0 Å². The van der Waals surface area contributed by atoms with E-state index in [0.29, 0.717) is 16.4 Å². The molecule has 174 valence electrons. The van der Waals surface area contributed by atoms with Gasteiger partial charge >= 0.3 is 6.18 Å². The molecule has 2 heterocycles. The minimum absolute atomic E-state index is 0.141. The van der Waals surface area contributed by atoms with Gasteiger partial charge in [0.05, 0.1) is 18.3 Å². The second-order valence-electron chi connectivity index (χ2n) is 7.98. The van der Waals surface area contributed by atoms with E-state index in [9.17, 15) is 22.8 Å². The zero-order valence-corrected chi connectivity index (χ0v) is 18.4. The lowest BCUT2D eigenvalue weighted by atomic mass is 10.0. The molecule has 0 fully saturated rings. The quantitative estimate of drug-likeness (QED) is 0.577. The summed E-state index contributed by atoms with van der Waals surface area (Å²) in [6, 6.07) is 8.58. The van der Waals surface area contributed by atoms with Crippen molar-refractivity contribution in [1.29, 1.82) is 0 Å². The molecule has 0 saturated carbocycles. The molecule has 3 rings (SSSR count). The van der Waals surface area contributed by atoms with E-state index in [2.05, 4.69) is 5.10 Å². The lowest BCUT2D eigenvalue weighted by Crippen LogP contribution is -2.45. The predicted molar refractivity (Wildman–Crippen MR) is 113 cm³/mol. The topological polar surface area (TPSA) is 75.4 Å². The van der Waals surface area contributed by atoms with Gasteiger partial charge in [-0.3, -0.25) is 14.3 Å². The van der Waals surface area contributed by atoms with Gasteiger partial charge in [-0.1, -0.05) is 43.5 Å². The van der Waals surface area contributed by atoms with Crippen molar-refractivity contribution in [3.8, 4) is 11.3 Å². The average Bonchev–Trinajstić information content (AvgIpc) is 3.19. The largest absolute Gasteiger partial charge is 0.414 e. The molecule has 0 saturated heterocycles. The summed E-state index contributed by atoms with van der Waals surface area (Å²) in [5, 5.41) is 14.3. The summed E-state index contributed by atoms with van der Waals surface area (Å²) >= 11 is 5.94. The molecule has 1 aromatic heterocycles. The van der Waals surface area contributed by atoms with E-state index in [1.54, 1.807) is 35.0 Å². The number of alkyl halides is 3. The van der Waals surface area contributed by atoms with E-state index in [1.165, 1.54) is 4.90 Å².